The highest BCUT2D eigenvalue weighted by Crippen LogP contribution is 2.50. The van der Waals surface area contributed by atoms with E-state index in [0.29, 0.717) is 33.8 Å². The number of nitrogen functional groups attached to an aromatic ring is 1. The van der Waals surface area contributed by atoms with Crippen molar-refractivity contribution >= 4 is 51.8 Å². The first-order valence-electron chi connectivity index (χ1n) is 19.8. The highest BCUT2D eigenvalue weighted by Gasteiger charge is 2.34. The summed E-state index contributed by atoms with van der Waals surface area (Å²) < 4.78 is 10.5. The lowest BCUT2D eigenvalue weighted by molar-refractivity contribution is 0.0556. The summed E-state index contributed by atoms with van der Waals surface area (Å²) in [5.74, 6) is -1.52. The lowest BCUT2D eigenvalue weighted by atomic mass is 9.89. The lowest BCUT2D eigenvalue weighted by Crippen LogP contribution is -2.15. The third-order valence-electron chi connectivity index (χ3n) is 11.2. The molecule has 2 aliphatic rings. The Bertz CT molecular complexity index is 3250. The summed E-state index contributed by atoms with van der Waals surface area (Å²) >= 11 is 0. The Morgan fingerprint density at radius 3 is 1.41 bits per heavy atom. The first-order chi connectivity index (χ1) is 29.9. The van der Waals surface area contributed by atoms with Crippen LogP contribution in [-0.2, 0) is 9.47 Å². The van der Waals surface area contributed by atoms with Gasteiger partial charge in [0.2, 0.25) is 0 Å². The van der Waals surface area contributed by atoms with Gasteiger partial charge in [0.1, 0.15) is 0 Å². The Hall–Kier alpha value is -8.30. The van der Waals surface area contributed by atoms with Gasteiger partial charge in [-0.25, -0.2) is 19.6 Å². The molecule has 0 fully saturated rings. The average Bonchev–Trinajstić information content (AvgIpc) is 4.14. The number of ether oxygens (including phenoxy) is 2. The molecule has 61 heavy (non-hydrogen) atoms. The molecule has 0 aliphatic carbocycles. The van der Waals surface area contributed by atoms with Gasteiger partial charge in [-0.15, -0.1) is 0 Å². The molecule has 10 rings (SSSR count). The number of carbonyl (C=O) groups excluding carboxylic acids is 2. The number of hydrogen-bond acceptors (Lipinski definition) is 7. The first kappa shape index (κ1) is 37.0. The highest BCUT2D eigenvalue weighted by molar-refractivity contribution is 6.15. The second-order valence-electron chi connectivity index (χ2n) is 14.7. The zero-order valence-electron chi connectivity index (χ0n) is 33.2. The minimum Gasteiger partial charge on any atom is -0.465 e. The van der Waals surface area contributed by atoms with Gasteiger partial charge in [-0.1, -0.05) is 121 Å². The van der Waals surface area contributed by atoms with Gasteiger partial charge in [-0.05, 0) is 64.7 Å². The van der Waals surface area contributed by atoms with Gasteiger partial charge < -0.3 is 25.2 Å². The van der Waals surface area contributed by atoms with Crippen LogP contribution in [0.15, 0.2) is 152 Å². The van der Waals surface area contributed by atoms with E-state index >= 15 is 0 Å². The lowest BCUT2D eigenvalue weighted by Gasteiger charge is -2.16. The number of aromatic amines is 2. The maximum absolute atomic E-state index is 13.6. The number of anilines is 1. The molecular weight excluding hydrogens is 759 g/mol. The molecule has 8 bridgehead atoms. The average molecular weight is 796 g/mol. The molecule has 9 heteroatoms. The maximum Gasteiger partial charge on any atom is 0.340 e. The van der Waals surface area contributed by atoms with Crippen molar-refractivity contribution in [3.05, 3.63) is 174 Å². The van der Waals surface area contributed by atoms with Crippen molar-refractivity contribution in [3.63, 3.8) is 0 Å². The van der Waals surface area contributed by atoms with E-state index in [2.05, 4.69) is 52.4 Å². The van der Waals surface area contributed by atoms with E-state index in [4.69, 9.17) is 25.2 Å². The Balaban J connectivity index is 1.48. The summed E-state index contributed by atoms with van der Waals surface area (Å²) in [7, 11) is 2.52. The normalized spacial score (nSPS) is 11.6. The number of esters is 2. The van der Waals surface area contributed by atoms with Crippen molar-refractivity contribution in [2.45, 2.75) is 0 Å². The molecule has 0 atom stereocenters. The van der Waals surface area contributed by atoms with E-state index in [-0.39, 0.29) is 16.8 Å². The van der Waals surface area contributed by atoms with Crippen molar-refractivity contribution in [3.8, 4) is 67.0 Å². The molecule has 294 valence electrons. The number of nitrogens with zero attached hydrogens (tertiary/aromatic N) is 2. The summed E-state index contributed by atoms with van der Waals surface area (Å²) in [6.45, 7) is 0. The van der Waals surface area contributed by atoms with Gasteiger partial charge in [0.05, 0.1) is 53.8 Å². The fourth-order valence-electron chi connectivity index (χ4n) is 8.49. The number of rotatable bonds is 6. The Morgan fingerprint density at radius 1 is 0.475 bits per heavy atom. The molecule has 0 spiro atoms. The van der Waals surface area contributed by atoms with E-state index < -0.39 is 11.9 Å². The van der Waals surface area contributed by atoms with Crippen LogP contribution in [0.25, 0.3) is 101 Å². The Kier molecular flexibility index (Phi) is 9.18. The summed E-state index contributed by atoms with van der Waals surface area (Å²) in [6.07, 6.45) is 4.02. The molecule has 0 saturated heterocycles. The molecule has 5 aromatic carbocycles. The predicted molar refractivity (Wildman–Crippen MR) is 243 cm³/mol. The number of nitrogens with one attached hydrogen (secondary N) is 2. The van der Waals surface area contributed by atoms with Crippen LogP contribution in [0.5, 0.6) is 0 Å². The molecule has 3 aromatic heterocycles. The smallest absolute Gasteiger partial charge is 0.340 e. The number of fused-ring (bicyclic) bond motifs is 11. The molecule has 5 heterocycles. The summed E-state index contributed by atoms with van der Waals surface area (Å²) in [6, 6.07) is 50.2. The number of H-pyrrole nitrogens is 2. The van der Waals surface area contributed by atoms with E-state index in [1.165, 1.54) is 14.2 Å². The molecule has 9 nitrogen and oxygen atoms in total. The van der Waals surface area contributed by atoms with Crippen LogP contribution in [0.4, 0.5) is 5.69 Å². The van der Waals surface area contributed by atoms with Crippen molar-refractivity contribution in [2.75, 3.05) is 20.0 Å². The van der Waals surface area contributed by atoms with Crippen LogP contribution in [0.3, 0.4) is 0 Å². The van der Waals surface area contributed by atoms with Crippen LogP contribution in [0, 0.1) is 0 Å². The largest absolute Gasteiger partial charge is 0.465 e. The van der Waals surface area contributed by atoms with E-state index in [1.54, 1.807) is 6.07 Å². The van der Waals surface area contributed by atoms with Crippen LogP contribution in [0.1, 0.15) is 32.1 Å². The molecule has 0 amide bonds. The Labute approximate surface area is 350 Å². The number of carbonyl (C=O) groups is 2. The molecule has 2 aliphatic heterocycles. The zero-order valence-corrected chi connectivity index (χ0v) is 33.2. The van der Waals surface area contributed by atoms with Crippen molar-refractivity contribution in [2.24, 2.45) is 0 Å². The Morgan fingerprint density at radius 2 is 0.902 bits per heavy atom. The molecule has 8 aromatic rings. The topological polar surface area (TPSA) is 136 Å². The fourth-order valence-corrected chi connectivity index (χ4v) is 8.49. The maximum atomic E-state index is 13.6. The van der Waals surface area contributed by atoms with Crippen LogP contribution in [-0.4, -0.2) is 46.1 Å². The van der Waals surface area contributed by atoms with Crippen molar-refractivity contribution in [1.82, 2.24) is 19.9 Å². The number of methoxy groups -OCH3 is 2. The summed E-state index contributed by atoms with van der Waals surface area (Å²) in [5.41, 5.74) is 20.8. The molecule has 0 unspecified atom stereocenters. The number of aromatic nitrogens is 4. The minimum atomic E-state index is -0.777. The SMILES string of the molecule is COC(=O)c1cc2c(c(N)c1C(=O)OC)-c1nc-2c(-c2ccccc2)c2nc(c(-c3ccccc3)c3ccc([nH]3)c(-c3ccccc3)c3ccc([nH]3)c1-c1ccccc1)C=C2. The van der Waals surface area contributed by atoms with Gasteiger partial charge in [0.25, 0.3) is 0 Å². The quantitative estimate of drug-likeness (QED) is 0.113. The first-order valence-corrected chi connectivity index (χ1v) is 19.8. The predicted octanol–water partition coefficient (Wildman–Crippen LogP) is 11.6. The molecule has 0 saturated carbocycles. The third kappa shape index (κ3) is 6.27. The second-order valence-corrected chi connectivity index (χ2v) is 14.7. The van der Waals surface area contributed by atoms with E-state index in [1.807, 2.05) is 115 Å². The number of nitrogens with two attached hydrogens (primary N) is 1. The van der Waals surface area contributed by atoms with Crippen molar-refractivity contribution in [1.29, 1.82) is 0 Å². The van der Waals surface area contributed by atoms with E-state index in [9.17, 15) is 9.59 Å². The number of benzene rings is 5. The van der Waals surface area contributed by atoms with Gasteiger partial charge in [0, 0.05) is 55.4 Å². The highest BCUT2D eigenvalue weighted by atomic mass is 16.5. The van der Waals surface area contributed by atoms with Gasteiger partial charge in [-0.3, -0.25) is 0 Å². The zero-order chi connectivity index (χ0) is 41.6. The third-order valence-corrected chi connectivity index (χ3v) is 11.2. The van der Waals surface area contributed by atoms with Gasteiger partial charge >= 0.3 is 11.9 Å². The molecule has 0 radical (unpaired) electrons. The van der Waals surface area contributed by atoms with Crippen LogP contribution in [0.2, 0.25) is 0 Å². The van der Waals surface area contributed by atoms with E-state index in [0.717, 1.165) is 66.7 Å². The summed E-state index contributed by atoms with van der Waals surface area (Å²) in [4.78, 5) is 45.8. The second kappa shape index (κ2) is 15.1. The van der Waals surface area contributed by atoms with Gasteiger partial charge in [-0.2, -0.15) is 0 Å². The minimum absolute atomic E-state index is 0.0371. The fraction of sp³-hybridized carbons (Fsp3) is 0.0385. The molecule has 4 N–H and O–H groups in total. The van der Waals surface area contributed by atoms with Gasteiger partial charge in [0.15, 0.2) is 0 Å². The standard InChI is InChI=1S/C52H37N5O4/c1-60-51(58)35-29-34-46(48(53)47(35)52(59)61-2)50-45(33-21-13-6-14-22-33)41-28-26-39(56-41)43(31-17-9-4-10-18-31)37-24-23-36(54-37)42(30-15-7-3-8-16-30)38-25-27-40(55-38)44(49(34)57-50)32-19-11-5-12-20-32/h3-29,54,56H,53H2,1-2H3. The van der Waals surface area contributed by atoms with Crippen molar-refractivity contribution < 1.29 is 19.1 Å². The number of hydrogen-bond donors (Lipinski definition) is 3. The van der Waals surface area contributed by atoms with Crippen LogP contribution >= 0.6 is 0 Å². The monoisotopic (exact) mass is 795 g/mol. The van der Waals surface area contributed by atoms with Crippen LogP contribution < -0.4 is 5.73 Å². The summed E-state index contributed by atoms with van der Waals surface area (Å²) in [5, 5.41) is 0. The molecular formula is C52H37N5O4.